The summed E-state index contributed by atoms with van der Waals surface area (Å²) >= 11 is 0.808. The smallest absolute Gasteiger partial charge is 0.481 e. The van der Waals surface area contributed by atoms with Gasteiger partial charge in [0.25, 0.3) is 0 Å². The van der Waals surface area contributed by atoms with Crippen LogP contribution in [0.1, 0.15) is 38.5 Å². The maximum atomic E-state index is 12.7. The molecule has 62 heavy (non-hydrogen) atoms. The SMILES string of the molecule is CC(C)(COP(=O)(O)OP(=O)(O)OCC1OC(n2cnc3c(N)ncnc32)C(O)C1OP(=O)(O)O)C(O)C(=O)NCCC(=O)NCCSC(=O)/C(=C/c1ccccc1)CC(=O)O. The molecule has 342 valence electrons. The molecule has 1 aliphatic rings. The molecule has 4 rings (SSSR count). The number of amides is 2. The highest BCUT2D eigenvalue weighted by atomic mass is 32.2. The summed E-state index contributed by atoms with van der Waals surface area (Å²) in [6.07, 6.45) is -6.19. The zero-order valence-corrected chi connectivity index (χ0v) is 36.1. The molecule has 0 saturated carbocycles. The number of fused-ring (bicyclic) bond motifs is 1. The van der Waals surface area contributed by atoms with E-state index in [2.05, 4.69) is 34.4 Å². The molecule has 26 nitrogen and oxygen atoms in total. The van der Waals surface area contributed by atoms with Crippen LogP contribution in [0.3, 0.4) is 0 Å². The molecule has 1 fully saturated rings. The second-order valence-electron chi connectivity index (χ2n) is 13.9. The van der Waals surface area contributed by atoms with Crippen molar-refractivity contribution in [1.82, 2.24) is 30.2 Å². The first-order valence-electron chi connectivity index (χ1n) is 17.9. The van der Waals surface area contributed by atoms with Gasteiger partial charge in [0.05, 0.1) is 26.0 Å². The molecule has 0 aliphatic carbocycles. The number of aliphatic carboxylic acids is 1. The van der Waals surface area contributed by atoms with E-state index in [1.807, 2.05) is 0 Å². The van der Waals surface area contributed by atoms with E-state index in [0.717, 1.165) is 29.0 Å². The van der Waals surface area contributed by atoms with Gasteiger partial charge < -0.3 is 56.0 Å². The van der Waals surface area contributed by atoms with E-state index in [4.69, 9.17) is 19.5 Å². The molecule has 7 unspecified atom stereocenters. The van der Waals surface area contributed by atoms with Crippen LogP contribution in [0, 0.1) is 5.41 Å². The van der Waals surface area contributed by atoms with Gasteiger partial charge in [0, 0.05) is 36.3 Å². The van der Waals surface area contributed by atoms with Crippen molar-refractivity contribution in [2.45, 2.75) is 57.3 Å². The Bertz CT molecular complexity index is 2260. The van der Waals surface area contributed by atoms with Gasteiger partial charge in [0.15, 0.2) is 17.7 Å². The largest absolute Gasteiger partial charge is 0.481 e. The van der Waals surface area contributed by atoms with Crippen molar-refractivity contribution < 1.29 is 90.4 Å². The molecule has 0 bridgehead atoms. The summed E-state index contributed by atoms with van der Waals surface area (Å²) in [5.41, 5.74) is 4.89. The first-order valence-corrected chi connectivity index (χ1v) is 23.4. The Balaban J connectivity index is 1.21. The second kappa shape index (κ2) is 21.6. The lowest BCUT2D eigenvalue weighted by molar-refractivity contribution is -0.137. The number of nitrogens with two attached hydrogens (primary N) is 1. The second-order valence-corrected chi connectivity index (χ2v) is 19.2. The highest BCUT2D eigenvalue weighted by Gasteiger charge is 2.50. The summed E-state index contributed by atoms with van der Waals surface area (Å²) in [5.74, 6) is -2.70. The number of carbonyl (C=O) groups is 4. The van der Waals surface area contributed by atoms with Crippen LogP contribution in [0.4, 0.5) is 5.82 Å². The van der Waals surface area contributed by atoms with Crippen LogP contribution < -0.4 is 16.4 Å². The molecular weight excluding hydrogens is 911 g/mol. The summed E-state index contributed by atoms with van der Waals surface area (Å²) in [7, 11) is -16.5. The fourth-order valence-electron chi connectivity index (χ4n) is 5.46. The highest BCUT2D eigenvalue weighted by molar-refractivity contribution is 8.14. The minimum atomic E-state index is -5.60. The molecule has 3 aromatic rings. The van der Waals surface area contributed by atoms with Crippen LogP contribution in [0.2, 0.25) is 0 Å². The standard InChI is InChI=1S/C32H44N7O19P3S/c1-32(2,26(44)29(45)35-9-8-21(40)34-10-11-62-31(46)19(13-22(41)42)12-18-6-4-3-5-7-18)15-55-61(52,53)58-60(50,51)54-14-20-25(57-59(47,48)49)24(43)30(56-20)39-17-38-23-27(33)36-16-37-28(23)39/h3-7,12,16-17,20,24-26,30,43-44H,8-11,13-15H2,1-2H3,(H,34,40)(H,35,45)(H,41,42)(H,50,51)(H,52,53)(H2,33,36,37)(H2,47,48,49)/b19-12+. The number of aromatic nitrogens is 4. The Labute approximate surface area is 355 Å². The number of aliphatic hydroxyl groups is 2. The summed E-state index contributed by atoms with van der Waals surface area (Å²) in [6.45, 7) is 0.115. The van der Waals surface area contributed by atoms with Crippen LogP contribution >= 0.6 is 35.2 Å². The van der Waals surface area contributed by atoms with Crippen LogP contribution in [0.5, 0.6) is 0 Å². The number of imidazole rings is 1. The molecule has 2 aromatic heterocycles. The third-order valence-electron chi connectivity index (χ3n) is 8.48. The van der Waals surface area contributed by atoms with Gasteiger partial charge in [0.2, 0.25) is 16.9 Å². The lowest BCUT2D eigenvalue weighted by Crippen LogP contribution is -2.46. The van der Waals surface area contributed by atoms with Crippen molar-refractivity contribution >= 4 is 81.2 Å². The summed E-state index contributed by atoms with van der Waals surface area (Å²) in [6, 6.07) is 8.65. The Morgan fingerprint density at radius 1 is 1.02 bits per heavy atom. The predicted molar refractivity (Wildman–Crippen MR) is 214 cm³/mol. The molecule has 0 radical (unpaired) electrons. The van der Waals surface area contributed by atoms with Gasteiger partial charge in [-0.1, -0.05) is 55.9 Å². The van der Waals surface area contributed by atoms with Crippen molar-refractivity contribution in [2.24, 2.45) is 5.41 Å². The first kappa shape index (κ1) is 50.6. The van der Waals surface area contributed by atoms with Gasteiger partial charge in [-0.25, -0.2) is 28.6 Å². The summed E-state index contributed by atoms with van der Waals surface area (Å²) in [4.78, 5) is 99.8. The fraction of sp³-hybridized carbons (Fsp3) is 0.469. The molecule has 1 aromatic carbocycles. The zero-order chi connectivity index (χ0) is 46.0. The minimum absolute atomic E-state index is 0.0169. The predicted octanol–water partition coefficient (Wildman–Crippen LogP) is 0.223. The van der Waals surface area contributed by atoms with Crippen LogP contribution in [-0.4, -0.2) is 134 Å². The maximum Gasteiger partial charge on any atom is 0.481 e. The molecule has 1 saturated heterocycles. The Kier molecular flexibility index (Phi) is 17.6. The van der Waals surface area contributed by atoms with Crippen LogP contribution in [0.25, 0.3) is 17.2 Å². The lowest BCUT2D eigenvalue weighted by atomic mass is 9.87. The molecule has 11 N–H and O–H groups in total. The number of anilines is 1. The van der Waals surface area contributed by atoms with Crippen LogP contribution in [-0.2, 0) is 55.5 Å². The van der Waals surface area contributed by atoms with E-state index in [0.29, 0.717) is 5.56 Å². The zero-order valence-electron chi connectivity index (χ0n) is 32.6. The lowest BCUT2D eigenvalue weighted by Gasteiger charge is -2.30. The van der Waals surface area contributed by atoms with E-state index in [1.165, 1.54) is 19.9 Å². The van der Waals surface area contributed by atoms with Crippen molar-refractivity contribution in [3.05, 3.63) is 54.1 Å². The van der Waals surface area contributed by atoms with Gasteiger partial charge in [-0.3, -0.25) is 37.3 Å². The average molecular weight is 956 g/mol. The summed E-state index contributed by atoms with van der Waals surface area (Å²) in [5, 5.41) is 35.1. The number of carboxylic acid groups (broad SMARTS) is 1. The molecular formula is C32H44N7O19P3S. The third kappa shape index (κ3) is 15.1. The number of benzene rings is 1. The Morgan fingerprint density at radius 3 is 2.35 bits per heavy atom. The number of rotatable bonds is 23. The van der Waals surface area contributed by atoms with Crippen molar-refractivity contribution in [2.75, 3.05) is 37.8 Å². The number of aliphatic hydroxyl groups excluding tert-OH is 2. The number of ether oxygens (including phenoxy) is 1. The van der Waals surface area contributed by atoms with Gasteiger partial charge in [-0.05, 0) is 11.6 Å². The highest BCUT2D eigenvalue weighted by Crippen LogP contribution is 2.61. The number of hydrogen-bond donors (Lipinski definition) is 10. The average Bonchev–Trinajstić information content (AvgIpc) is 3.74. The van der Waals surface area contributed by atoms with E-state index in [9.17, 15) is 67.8 Å². The van der Waals surface area contributed by atoms with E-state index in [-0.39, 0.29) is 47.8 Å². The normalized spacial score (nSPS) is 20.9. The van der Waals surface area contributed by atoms with Gasteiger partial charge in [0.1, 0.15) is 36.3 Å². The minimum Gasteiger partial charge on any atom is -0.481 e. The van der Waals surface area contributed by atoms with Gasteiger partial charge in [-0.2, -0.15) is 4.31 Å². The van der Waals surface area contributed by atoms with E-state index in [1.54, 1.807) is 30.3 Å². The number of nitrogens with one attached hydrogen (secondary N) is 2. The number of phosphoric acid groups is 3. The number of hydrogen-bond acceptors (Lipinski definition) is 19. The van der Waals surface area contributed by atoms with Crippen molar-refractivity contribution in [1.29, 1.82) is 0 Å². The molecule has 7 atom stereocenters. The molecule has 2 amide bonds. The van der Waals surface area contributed by atoms with Crippen molar-refractivity contribution in [3.8, 4) is 0 Å². The number of nitrogens with zero attached hydrogens (tertiary/aromatic N) is 4. The Hall–Kier alpha value is -4.01. The topological polar surface area (TPSA) is 401 Å². The molecule has 3 heterocycles. The molecule has 30 heteroatoms. The number of carboxylic acids is 1. The third-order valence-corrected chi connectivity index (χ3v) is 12.5. The van der Waals surface area contributed by atoms with E-state index >= 15 is 0 Å². The quantitative estimate of drug-likeness (QED) is 0.0345. The van der Waals surface area contributed by atoms with Gasteiger partial charge >= 0.3 is 29.4 Å². The van der Waals surface area contributed by atoms with Crippen molar-refractivity contribution in [3.63, 3.8) is 0 Å². The number of phosphoric ester groups is 3. The molecule has 1 aliphatic heterocycles. The molecule has 0 spiro atoms. The number of carbonyl (C=O) groups excluding carboxylic acids is 3. The van der Waals surface area contributed by atoms with Gasteiger partial charge in [-0.15, -0.1) is 0 Å². The van der Waals surface area contributed by atoms with Crippen LogP contribution in [0.15, 0.2) is 48.6 Å². The summed E-state index contributed by atoms with van der Waals surface area (Å²) < 4.78 is 62.2. The monoisotopic (exact) mass is 955 g/mol. The maximum absolute atomic E-state index is 12.7. The number of nitrogen functional groups attached to an aromatic ring is 1. The Morgan fingerprint density at radius 2 is 1.69 bits per heavy atom. The first-order chi connectivity index (χ1) is 28.9. The fourth-order valence-corrected chi connectivity index (χ4v) is 9.00. The number of thioether (sulfide) groups is 1. The van der Waals surface area contributed by atoms with E-state index < -0.39 is 102 Å².